The maximum atomic E-state index is 3.83. The van der Waals surface area contributed by atoms with Crippen molar-refractivity contribution in [1.29, 1.82) is 0 Å². The number of rotatable bonds is 3. The molecule has 94 valence electrons. The van der Waals surface area contributed by atoms with Crippen LogP contribution in [0, 0.1) is 0 Å². The third-order valence-corrected chi connectivity index (χ3v) is 4.39. The molecule has 1 atom stereocenters. The van der Waals surface area contributed by atoms with E-state index in [4.69, 9.17) is 0 Å². The molecule has 0 spiro atoms. The van der Waals surface area contributed by atoms with Crippen molar-refractivity contribution < 1.29 is 0 Å². The second-order valence-corrected chi connectivity index (χ2v) is 6.00. The van der Waals surface area contributed by atoms with Gasteiger partial charge < -0.3 is 10.6 Å². The summed E-state index contributed by atoms with van der Waals surface area (Å²) in [7, 11) is 0. The highest BCUT2D eigenvalue weighted by Crippen LogP contribution is 2.27. The molecular formula is C14H28N2. The lowest BCUT2D eigenvalue weighted by molar-refractivity contribution is 0.243. The average molecular weight is 224 g/mol. The molecule has 0 aromatic rings. The molecule has 2 aliphatic rings. The van der Waals surface area contributed by atoms with E-state index in [0.717, 1.165) is 6.04 Å². The van der Waals surface area contributed by atoms with Crippen LogP contribution in [0.25, 0.3) is 0 Å². The van der Waals surface area contributed by atoms with Crippen molar-refractivity contribution in [1.82, 2.24) is 10.6 Å². The van der Waals surface area contributed by atoms with Crippen molar-refractivity contribution in [3.05, 3.63) is 0 Å². The summed E-state index contributed by atoms with van der Waals surface area (Å²) in [5.41, 5.74) is 0.437. The molecule has 0 bridgehead atoms. The summed E-state index contributed by atoms with van der Waals surface area (Å²) in [6, 6.07) is 0.723. The van der Waals surface area contributed by atoms with E-state index in [0.29, 0.717) is 5.54 Å². The molecule has 0 amide bonds. The van der Waals surface area contributed by atoms with Crippen LogP contribution in [-0.2, 0) is 0 Å². The topological polar surface area (TPSA) is 24.1 Å². The first-order valence-electron chi connectivity index (χ1n) is 7.27. The number of hydrogen-bond donors (Lipinski definition) is 2. The van der Waals surface area contributed by atoms with Crippen LogP contribution in [0.2, 0.25) is 0 Å². The lowest BCUT2D eigenvalue weighted by Crippen LogP contribution is -2.49. The standard InChI is InChI=1S/C14H28N2/c1-14(9-5-3-6-10-14)16-12-13-8-4-2-7-11-15-13/h13,15-16H,2-12H2,1H3. The Hall–Kier alpha value is -0.0800. The van der Waals surface area contributed by atoms with Gasteiger partial charge in [-0.2, -0.15) is 0 Å². The van der Waals surface area contributed by atoms with Gasteiger partial charge in [-0.25, -0.2) is 0 Å². The Morgan fingerprint density at radius 2 is 1.81 bits per heavy atom. The highest BCUT2D eigenvalue weighted by molar-refractivity contribution is 4.88. The third-order valence-electron chi connectivity index (χ3n) is 4.39. The summed E-state index contributed by atoms with van der Waals surface area (Å²) in [5, 5.41) is 7.51. The van der Waals surface area contributed by atoms with Gasteiger partial charge in [-0.15, -0.1) is 0 Å². The van der Waals surface area contributed by atoms with Crippen LogP contribution in [0.3, 0.4) is 0 Å². The molecule has 2 heteroatoms. The molecule has 0 aromatic heterocycles. The first kappa shape index (κ1) is 12.4. The normalized spacial score (nSPS) is 30.9. The van der Waals surface area contributed by atoms with Crippen molar-refractivity contribution >= 4 is 0 Å². The van der Waals surface area contributed by atoms with E-state index in [9.17, 15) is 0 Å². The van der Waals surface area contributed by atoms with E-state index in [-0.39, 0.29) is 0 Å². The van der Waals surface area contributed by atoms with Crippen molar-refractivity contribution in [2.24, 2.45) is 0 Å². The van der Waals surface area contributed by atoms with Crippen molar-refractivity contribution in [3.63, 3.8) is 0 Å². The molecule has 1 aliphatic heterocycles. The smallest absolute Gasteiger partial charge is 0.0192 e. The van der Waals surface area contributed by atoms with Gasteiger partial charge in [-0.3, -0.25) is 0 Å². The number of nitrogens with one attached hydrogen (secondary N) is 2. The molecule has 2 nitrogen and oxygen atoms in total. The Labute approximate surface area is 101 Å². The third kappa shape index (κ3) is 3.74. The minimum absolute atomic E-state index is 0.437. The maximum Gasteiger partial charge on any atom is 0.0192 e. The molecule has 2 N–H and O–H groups in total. The molecule has 2 rings (SSSR count). The Bertz CT molecular complexity index is 189. The predicted octanol–water partition coefficient (Wildman–Crippen LogP) is 2.83. The van der Waals surface area contributed by atoms with Crippen molar-refractivity contribution in [2.75, 3.05) is 13.1 Å². The van der Waals surface area contributed by atoms with Crippen LogP contribution in [0.15, 0.2) is 0 Å². The summed E-state index contributed by atoms with van der Waals surface area (Å²) >= 11 is 0. The lowest BCUT2D eigenvalue weighted by atomic mass is 9.83. The van der Waals surface area contributed by atoms with E-state index < -0.39 is 0 Å². The van der Waals surface area contributed by atoms with Gasteiger partial charge in [0, 0.05) is 18.1 Å². The molecule has 1 saturated heterocycles. The molecule has 1 unspecified atom stereocenters. The first-order chi connectivity index (χ1) is 7.79. The lowest BCUT2D eigenvalue weighted by Gasteiger charge is -2.36. The molecule has 0 aromatic carbocycles. The summed E-state index contributed by atoms with van der Waals surface area (Å²) in [4.78, 5) is 0. The first-order valence-corrected chi connectivity index (χ1v) is 7.27. The monoisotopic (exact) mass is 224 g/mol. The van der Waals surface area contributed by atoms with Gasteiger partial charge in [0.05, 0.1) is 0 Å². The van der Waals surface area contributed by atoms with Crippen LogP contribution in [0.1, 0.15) is 64.7 Å². The zero-order valence-corrected chi connectivity index (χ0v) is 10.9. The minimum Gasteiger partial charge on any atom is -0.313 e. The van der Waals surface area contributed by atoms with Gasteiger partial charge in [0.2, 0.25) is 0 Å². The molecule has 16 heavy (non-hydrogen) atoms. The molecule has 0 radical (unpaired) electrons. The number of hydrogen-bond acceptors (Lipinski definition) is 2. The molecule has 1 saturated carbocycles. The van der Waals surface area contributed by atoms with Crippen LogP contribution in [0.5, 0.6) is 0 Å². The van der Waals surface area contributed by atoms with Gasteiger partial charge in [0.25, 0.3) is 0 Å². The van der Waals surface area contributed by atoms with Crippen LogP contribution in [-0.4, -0.2) is 24.7 Å². The van der Waals surface area contributed by atoms with Crippen LogP contribution < -0.4 is 10.6 Å². The fraction of sp³-hybridized carbons (Fsp3) is 1.00. The Balaban J connectivity index is 1.72. The van der Waals surface area contributed by atoms with Gasteiger partial charge in [-0.1, -0.05) is 32.1 Å². The summed E-state index contributed by atoms with van der Waals surface area (Å²) in [5.74, 6) is 0. The fourth-order valence-electron chi connectivity index (χ4n) is 3.15. The molecular weight excluding hydrogens is 196 g/mol. The van der Waals surface area contributed by atoms with Gasteiger partial charge >= 0.3 is 0 Å². The highest BCUT2D eigenvalue weighted by Gasteiger charge is 2.26. The molecule has 1 heterocycles. The van der Waals surface area contributed by atoms with Gasteiger partial charge in [0.1, 0.15) is 0 Å². The Morgan fingerprint density at radius 3 is 2.62 bits per heavy atom. The minimum atomic E-state index is 0.437. The predicted molar refractivity (Wildman–Crippen MR) is 69.8 cm³/mol. The largest absolute Gasteiger partial charge is 0.313 e. The fourth-order valence-corrected chi connectivity index (χ4v) is 3.15. The summed E-state index contributed by atoms with van der Waals surface area (Å²) in [6.07, 6.45) is 12.6. The van der Waals surface area contributed by atoms with Crippen molar-refractivity contribution in [3.8, 4) is 0 Å². The van der Waals surface area contributed by atoms with E-state index in [1.807, 2.05) is 0 Å². The molecule has 1 aliphatic carbocycles. The second kappa shape index (κ2) is 6.02. The SMILES string of the molecule is CC1(NCC2CCCCCN2)CCCCC1. The second-order valence-electron chi connectivity index (χ2n) is 6.00. The average Bonchev–Trinajstić information content (AvgIpc) is 2.56. The Kier molecular flexibility index (Phi) is 4.66. The zero-order chi connectivity index (χ0) is 11.3. The van der Waals surface area contributed by atoms with Crippen molar-refractivity contribution in [2.45, 2.75) is 76.3 Å². The van der Waals surface area contributed by atoms with E-state index in [1.165, 1.54) is 70.9 Å². The zero-order valence-electron chi connectivity index (χ0n) is 10.9. The van der Waals surface area contributed by atoms with E-state index in [2.05, 4.69) is 17.6 Å². The highest BCUT2D eigenvalue weighted by atomic mass is 15.0. The van der Waals surface area contributed by atoms with Crippen LogP contribution >= 0.6 is 0 Å². The summed E-state index contributed by atoms with van der Waals surface area (Å²) in [6.45, 7) is 4.82. The van der Waals surface area contributed by atoms with Crippen LogP contribution in [0.4, 0.5) is 0 Å². The summed E-state index contributed by atoms with van der Waals surface area (Å²) < 4.78 is 0. The van der Waals surface area contributed by atoms with E-state index >= 15 is 0 Å². The van der Waals surface area contributed by atoms with E-state index in [1.54, 1.807) is 0 Å². The van der Waals surface area contributed by atoms with Gasteiger partial charge in [-0.05, 0) is 39.2 Å². The Morgan fingerprint density at radius 1 is 1.06 bits per heavy atom. The quantitative estimate of drug-likeness (QED) is 0.770. The maximum absolute atomic E-state index is 3.83. The van der Waals surface area contributed by atoms with Gasteiger partial charge in [0.15, 0.2) is 0 Å². The molecule has 2 fully saturated rings.